The summed E-state index contributed by atoms with van der Waals surface area (Å²) in [6.07, 6.45) is 0.992. The molecule has 1 amide bonds. The van der Waals surface area contributed by atoms with Gasteiger partial charge >= 0.3 is 0 Å². The van der Waals surface area contributed by atoms with Crippen LogP contribution in [-0.2, 0) is 4.79 Å². The van der Waals surface area contributed by atoms with Crippen LogP contribution in [-0.4, -0.2) is 5.91 Å². The van der Waals surface area contributed by atoms with Crippen molar-refractivity contribution in [2.45, 2.75) is 13.1 Å². The summed E-state index contributed by atoms with van der Waals surface area (Å²) in [6.45, 7) is 1.99. The molecule has 0 fully saturated rings. The van der Waals surface area contributed by atoms with Crippen LogP contribution in [0.3, 0.4) is 0 Å². The van der Waals surface area contributed by atoms with Crippen LogP contribution in [0.25, 0.3) is 0 Å². The number of nitrogens with one attached hydrogen (secondary N) is 1. The Morgan fingerprint density at radius 3 is 2.64 bits per heavy atom. The van der Waals surface area contributed by atoms with Gasteiger partial charge in [0.2, 0.25) is 0 Å². The standard InChI is InChI=1S/C16H13N3O2S/c1-10-4-6-11(7-5-10)19-14(13-3-2-8-21-13)18-15(20)12(9-17)16(19)22/h2-8,14,22H,1H3,(H,18,20)/t14-/m0/s1. The molecule has 1 aromatic heterocycles. The van der Waals surface area contributed by atoms with Gasteiger partial charge in [0.25, 0.3) is 5.91 Å². The van der Waals surface area contributed by atoms with Gasteiger partial charge in [0.05, 0.1) is 11.3 Å². The van der Waals surface area contributed by atoms with Crippen LogP contribution in [0.1, 0.15) is 17.5 Å². The summed E-state index contributed by atoms with van der Waals surface area (Å²) in [5, 5.41) is 12.3. The Morgan fingerprint density at radius 2 is 2.05 bits per heavy atom. The van der Waals surface area contributed by atoms with Crippen LogP contribution in [0.2, 0.25) is 0 Å². The third-order valence-corrected chi connectivity index (χ3v) is 3.88. The second kappa shape index (κ2) is 5.62. The Morgan fingerprint density at radius 1 is 1.32 bits per heavy atom. The van der Waals surface area contributed by atoms with Gasteiger partial charge in [-0.2, -0.15) is 5.26 Å². The number of nitrogens with zero attached hydrogens (tertiary/aromatic N) is 2. The Bertz CT molecular complexity index is 773. The van der Waals surface area contributed by atoms with Crippen molar-refractivity contribution in [3.63, 3.8) is 0 Å². The smallest absolute Gasteiger partial charge is 0.266 e. The van der Waals surface area contributed by atoms with Crippen LogP contribution < -0.4 is 10.2 Å². The average Bonchev–Trinajstić information content (AvgIpc) is 3.03. The Balaban J connectivity index is 2.14. The molecule has 0 spiro atoms. The number of nitriles is 1. The van der Waals surface area contributed by atoms with Crippen molar-refractivity contribution >= 4 is 24.2 Å². The second-order valence-electron chi connectivity index (χ2n) is 4.91. The van der Waals surface area contributed by atoms with E-state index in [1.807, 2.05) is 37.3 Å². The zero-order valence-corrected chi connectivity index (χ0v) is 12.7. The van der Waals surface area contributed by atoms with Gasteiger partial charge in [0, 0.05) is 5.69 Å². The lowest BCUT2D eigenvalue weighted by molar-refractivity contribution is -0.118. The summed E-state index contributed by atoms with van der Waals surface area (Å²) >= 11 is 4.40. The van der Waals surface area contributed by atoms with Crippen molar-refractivity contribution in [2.75, 3.05) is 4.90 Å². The van der Waals surface area contributed by atoms with E-state index in [0.29, 0.717) is 10.8 Å². The minimum absolute atomic E-state index is 0.0216. The number of carbonyl (C=O) groups excluding carboxylic acids is 1. The largest absolute Gasteiger partial charge is 0.465 e. The third kappa shape index (κ3) is 2.36. The highest BCUT2D eigenvalue weighted by atomic mass is 32.1. The summed E-state index contributed by atoms with van der Waals surface area (Å²) in [6, 6.07) is 13.1. The number of hydrogen-bond acceptors (Lipinski definition) is 5. The molecule has 6 heteroatoms. The predicted octanol–water partition coefficient (Wildman–Crippen LogP) is 2.89. The average molecular weight is 311 g/mol. The van der Waals surface area contributed by atoms with Gasteiger partial charge in [-0.05, 0) is 31.2 Å². The topological polar surface area (TPSA) is 69.3 Å². The maximum atomic E-state index is 12.1. The van der Waals surface area contributed by atoms with Gasteiger partial charge in [0.1, 0.15) is 17.4 Å². The van der Waals surface area contributed by atoms with Gasteiger partial charge < -0.3 is 14.6 Å². The molecule has 110 valence electrons. The minimum atomic E-state index is -0.546. The van der Waals surface area contributed by atoms with Gasteiger partial charge in [0.15, 0.2) is 6.17 Å². The summed E-state index contributed by atoms with van der Waals surface area (Å²) in [5.74, 6) is 0.106. The molecule has 1 aliphatic heterocycles. The molecule has 0 radical (unpaired) electrons. The second-order valence-corrected chi connectivity index (χ2v) is 5.33. The minimum Gasteiger partial charge on any atom is -0.465 e. The molecule has 2 aromatic rings. The number of hydrogen-bond donors (Lipinski definition) is 2. The first kappa shape index (κ1) is 14.3. The molecule has 2 heterocycles. The molecule has 1 atom stereocenters. The molecular weight excluding hydrogens is 298 g/mol. The van der Waals surface area contributed by atoms with E-state index in [2.05, 4.69) is 17.9 Å². The van der Waals surface area contributed by atoms with Crippen LogP contribution in [0.15, 0.2) is 57.7 Å². The first-order valence-corrected chi connectivity index (χ1v) is 7.10. The highest BCUT2D eigenvalue weighted by molar-refractivity contribution is 7.84. The monoisotopic (exact) mass is 311 g/mol. The molecule has 1 aromatic carbocycles. The number of aryl methyl sites for hydroxylation is 1. The van der Waals surface area contributed by atoms with Crippen LogP contribution in [0.5, 0.6) is 0 Å². The van der Waals surface area contributed by atoms with Crippen molar-refractivity contribution in [3.8, 4) is 6.07 Å². The van der Waals surface area contributed by atoms with E-state index >= 15 is 0 Å². The number of benzene rings is 1. The fourth-order valence-electron chi connectivity index (χ4n) is 2.33. The van der Waals surface area contributed by atoms with Crippen molar-refractivity contribution in [3.05, 3.63) is 64.6 Å². The number of thiol groups is 1. The zero-order chi connectivity index (χ0) is 15.7. The molecule has 3 rings (SSSR count). The molecular formula is C16H13N3O2S. The van der Waals surface area contributed by atoms with Gasteiger partial charge in [-0.25, -0.2) is 0 Å². The molecule has 0 saturated carbocycles. The highest BCUT2D eigenvalue weighted by Crippen LogP contribution is 2.35. The summed E-state index contributed by atoms with van der Waals surface area (Å²) < 4.78 is 5.42. The Hall–Kier alpha value is -2.65. The predicted molar refractivity (Wildman–Crippen MR) is 84.9 cm³/mol. The van der Waals surface area contributed by atoms with Crippen LogP contribution in [0, 0.1) is 18.3 Å². The fraction of sp³-hybridized carbons (Fsp3) is 0.125. The highest BCUT2D eigenvalue weighted by Gasteiger charge is 2.35. The van der Waals surface area contributed by atoms with E-state index in [0.717, 1.165) is 11.3 Å². The molecule has 0 bridgehead atoms. The molecule has 1 N–H and O–H groups in total. The molecule has 0 unspecified atom stereocenters. The summed E-state index contributed by atoms with van der Waals surface area (Å²) in [5.41, 5.74) is 1.90. The van der Waals surface area contributed by atoms with Crippen molar-refractivity contribution in [1.82, 2.24) is 5.32 Å². The maximum absolute atomic E-state index is 12.1. The number of furan rings is 1. The Kier molecular flexibility index (Phi) is 3.65. The lowest BCUT2D eigenvalue weighted by atomic mass is 10.1. The van der Waals surface area contributed by atoms with Crippen molar-refractivity contribution in [2.24, 2.45) is 0 Å². The van der Waals surface area contributed by atoms with E-state index in [-0.39, 0.29) is 5.57 Å². The lowest BCUT2D eigenvalue weighted by Crippen LogP contribution is -2.45. The van der Waals surface area contributed by atoms with E-state index < -0.39 is 12.1 Å². The third-order valence-electron chi connectivity index (χ3n) is 3.44. The summed E-state index contributed by atoms with van der Waals surface area (Å²) in [4.78, 5) is 13.8. The van der Waals surface area contributed by atoms with Gasteiger partial charge in [-0.3, -0.25) is 4.79 Å². The summed E-state index contributed by atoms with van der Waals surface area (Å²) in [7, 11) is 0. The van der Waals surface area contributed by atoms with Crippen molar-refractivity contribution in [1.29, 1.82) is 5.26 Å². The zero-order valence-electron chi connectivity index (χ0n) is 11.8. The first-order chi connectivity index (χ1) is 10.6. The number of carbonyl (C=O) groups is 1. The van der Waals surface area contributed by atoms with E-state index in [1.165, 1.54) is 6.26 Å². The first-order valence-electron chi connectivity index (χ1n) is 6.65. The SMILES string of the molecule is Cc1ccc(N2C(S)=C(C#N)C(=O)N[C@@H]2c2ccco2)cc1. The molecule has 22 heavy (non-hydrogen) atoms. The van der Waals surface area contributed by atoms with Crippen LogP contribution in [0.4, 0.5) is 5.69 Å². The van der Waals surface area contributed by atoms with Crippen LogP contribution >= 0.6 is 12.6 Å². The maximum Gasteiger partial charge on any atom is 0.266 e. The molecule has 1 aliphatic rings. The van der Waals surface area contributed by atoms with E-state index in [4.69, 9.17) is 4.42 Å². The lowest BCUT2D eigenvalue weighted by Gasteiger charge is -2.36. The van der Waals surface area contributed by atoms with Gasteiger partial charge in [-0.15, -0.1) is 12.6 Å². The van der Waals surface area contributed by atoms with Gasteiger partial charge in [-0.1, -0.05) is 17.7 Å². The normalized spacial score (nSPS) is 18.1. The molecule has 5 nitrogen and oxygen atoms in total. The van der Waals surface area contributed by atoms with Crippen molar-refractivity contribution < 1.29 is 9.21 Å². The molecule has 0 saturated heterocycles. The number of rotatable bonds is 2. The molecule has 0 aliphatic carbocycles. The Labute approximate surface area is 133 Å². The number of anilines is 1. The quantitative estimate of drug-likeness (QED) is 0.837. The number of amides is 1. The fourth-order valence-corrected chi connectivity index (χ4v) is 2.71. The van der Waals surface area contributed by atoms with E-state index in [9.17, 15) is 10.1 Å². The van der Waals surface area contributed by atoms with E-state index in [1.54, 1.807) is 17.0 Å².